The molecular weight excluding hydrogens is 346 g/mol. The summed E-state index contributed by atoms with van der Waals surface area (Å²) in [6, 6.07) is 1.31. The Balaban J connectivity index is 1.53. The van der Waals surface area contributed by atoms with Gasteiger partial charge in [0.05, 0.1) is 11.9 Å². The molecule has 2 aromatic rings. The Kier molecular flexibility index (Phi) is 4.69. The zero-order valence-electron chi connectivity index (χ0n) is 15.5. The number of aromatic nitrogens is 4. The molecule has 0 saturated carbocycles. The fraction of sp³-hybridized carbons (Fsp3) is 0.556. The maximum absolute atomic E-state index is 13.3. The van der Waals surface area contributed by atoms with E-state index in [2.05, 4.69) is 20.8 Å². The fourth-order valence-corrected chi connectivity index (χ4v) is 4.03. The summed E-state index contributed by atoms with van der Waals surface area (Å²) in [5.41, 5.74) is 0.0242. The third-order valence-corrected chi connectivity index (χ3v) is 5.54. The molecule has 2 aliphatic rings. The summed E-state index contributed by atoms with van der Waals surface area (Å²) in [5, 5.41) is 14.8. The molecular formula is C18H25N7O2. The van der Waals surface area contributed by atoms with Crippen LogP contribution < -0.4 is 15.5 Å². The van der Waals surface area contributed by atoms with Crippen molar-refractivity contribution in [2.24, 2.45) is 7.05 Å². The van der Waals surface area contributed by atoms with Gasteiger partial charge < -0.3 is 15.5 Å². The molecule has 9 nitrogen and oxygen atoms in total. The molecule has 4 rings (SSSR count). The van der Waals surface area contributed by atoms with Crippen molar-refractivity contribution in [1.82, 2.24) is 30.2 Å². The Labute approximate surface area is 157 Å². The van der Waals surface area contributed by atoms with Gasteiger partial charge >= 0.3 is 0 Å². The Bertz CT molecular complexity index is 808. The van der Waals surface area contributed by atoms with E-state index in [-0.39, 0.29) is 11.8 Å². The first-order valence-electron chi connectivity index (χ1n) is 9.42. The van der Waals surface area contributed by atoms with Crippen LogP contribution in [0.25, 0.3) is 0 Å². The van der Waals surface area contributed by atoms with Crippen molar-refractivity contribution in [3.05, 3.63) is 30.9 Å². The van der Waals surface area contributed by atoms with Crippen LogP contribution in [0.5, 0.6) is 0 Å². The maximum atomic E-state index is 13.3. The largest absolute Gasteiger partial charge is 0.342 e. The van der Waals surface area contributed by atoms with Gasteiger partial charge in [0.2, 0.25) is 11.8 Å². The summed E-state index contributed by atoms with van der Waals surface area (Å²) in [4.78, 5) is 28.0. The van der Waals surface area contributed by atoms with Gasteiger partial charge in [-0.05, 0) is 44.8 Å². The molecule has 4 heterocycles. The topological polar surface area (TPSA) is 97.1 Å². The van der Waals surface area contributed by atoms with E-state index in [0.717, 1.165) is 25.2 Å². The summed E-state index contributed by atoms with van der Waals surface area (Å²) in [6.07, 6.45) is 9.79. The van der Waals surface area contributed by atoms with Gasteiger partial charge in [0.15, 0.2) is 0 Å². The average molecular weight is 371 g/mol. The number of carbonyl (C=O) groups is 2. The van der Waals surface area contributed by atoms with Gasteiger partial charge in [-0.15, -0.1) is 0 Å². The van der Waals surface area contributed by atoms with Gasteiger partial charge in [0.1, 0.15) is 11.6 Å². The molecule has 2 aromatic heterocycles. The highest BCUT2D eigenvalue weighted by Crippen LogP contribution is 2.28. The molecule has 1 unspecified atom stereocenters. The summed E-state index contributed by atoms with van der Waals surface area (Å²) in [5.74, 6) is -0.203. The van der Waals surface area contributed by atoms with E-state index in [9.17, 15) is 9.59 Å². The molecule has 2 saturated heterocycles. The summed E-state index contributed by atoms with van der Waals surface area (Å²) >= 11 is 0. The molecule has 0 aromatic carbocycles. The lowest BCUT2D eigenvalue weighted by Gasteiger charge is -2.39. The SMILES string of the molecule is Cn1cc(N2CCCC(NC(=O)C3(n4cccn4)CCNCC3)C2=O)cn1. The van der Waals surface area contributed by atoms with Crippen LogP contribution in [-0.4, -0.2) is 57.1 Å². The molecule has 1 atom stereocenters. The second-order valence-corrected chi connectivity index (χ2v) is 7.26. The third-order valence-electron chi connectivity index (χ3n) is 5.54. The smallest absolute Gasteiger partial charge is 0.249 e. The fourth-order valence-electron chi connectivity index (χ4n) is 4.03. The molecule has 9 heteroatoms. The molecule has 0 radical (unpaired) electrons. The van der Waals surface area contributed by atoms with Gasteiger partial charge in [-0.2, -0.15) is 10.2 Å². The van der Waals surface area contributed by atoms with E-state index >= 15 is 0 Å². The normalized spacial score (nSPS) is 22.6. The van der Waals surface area contributed by atoms with Crippen LogP contribution in [0.3, 0.4) is 0 Å². The highest BCUT2D eigenvalue weighted by Gasteiger charge is 2.44. The molecule has 2 aliphatic heterocycles. The second kappa shape index (κ2) is 7.15. The minimum atomic E-state index is -0.744. The minimum absolute atomic E-state index is 0.0767. The van der Waals surface area contributed by atoms with Crippen molar-refractivity contribution in [1.29, 1.82) is 0 Å². The monoisotopic (exact) mass is 371 g/mol. The molecule has 0 aliphatic carbocycles. The third kappa shape index (κ3) is 3.23. The quantitative estimate of drug-likeness (QED) is 0.789. The number of aryl methyl sites for hydroxylation is 1. The van der Waals surface area contributed by atoms with Crippen molar-refractivity contribution < 1.29 is 9.59 Å². The highest BCUT2D eigenvalue weighted by atomic mass is 16.2. The number of hydrogen-bond donors (Lipinski definition) is 2. The Hall–Kier alpha value is -2.68. The number of piperidine rings is 2. The van der Waals surface area contributed by atoms with Crippen LogP contribution in [0.2, 0.25) is 0 Å². The van der Waals surface area contributed by atoms with Crippen molar-refractivity contribution in [3.63, 3.8) is 0 Å². The first kappa shape index (κ1) is 17.7. The first-order chi connectivity index (χ1) is 13.1. The molecule has 2 amide bonds. The summed E-state index contributed by atoms with van der Waals surface area (Å²) in [6.45, 7) is 2.13. The van der Waals surface area contributed by atoms with E-state index in [0.29, 0.717) is 25.8 Å². The number of nitrogens with zero attached hydrogens (tertiary/aromatic N) is 5. The highest BCUT2D eigenvalue weighted by molar-refractivity contribution is 6.00. The minimum Gasteiger partial charge on any atom is -0.342 e. The predicted molar refractivity (Wildman–Crippen MR) is 99.0 cm³/mol. The van der Waals surface area contributed by atoms with Crippen molar-refractivity contribution >= 4 is 17.5 Å². The lowest BCUT2D eigenvalue weighted by atomic mass is 9.86. The first-order valence-corrected chi connectivity index (χ1v) is 9.42. The average Bonchev–Trinajstić information content (AvgIpc) is 3.36. The van der Waals surface area contributed by atoms with E-state index in [1.165, 1.54) is 0 Å². The van der Waals surface area contributed by atoms with Crippen LogP contribution in [0, 0.1) is 0 Å². The maximum Gasteiger partial charge on any atom is 0.249 e. The van der Waals surface area contributed by atoms with Gasteiger partial charge in [-0.1, -0.05) is 0 Å². The Morgan fingerprint density at radius 1 is 1.33 bits per heavy atom. The van der Waals surface area contributed by atoms with E-state index < -0.39 is 11.6 Å². The van der Waals surface area contributed by atoms with Crippen molar-refractivity contribution in [3.8, 4) is 0 Å². The predicted octanol–water partition coefficient (Wildman–Crippen LogP) is 0.00710. The van der Waals surface area contributed by atoms with Crippen LogP contribution >= 0.6 is 0 Å². The zero-order chi connectivity index (χ0) is 18.9. The number of carbonyl (C=O) groups excluding carboxylic acids is 2. The Morgan fingerprint density at radius 2 is 2.15 bits per heavy atom. The molecule has 144 valence electrons. The molecule has 2 N–H and O–H groups in total. The van der Waals surface area contributed by atoms with Crippen LogP contribution in [0.15, 0.2) is 30.9 Å². The van der Waals surface area contributed by atoms with Gasteiger partial charge in [0, 0.05) is 32.2 Å². The van der Waals surface area contributed by atoms with E-state index in [4.69, 9.17) is 0 Å². The molecule has 0 bridgehead atoms. The standard InChI is InChI=1S/C18H25N7O2/c1-23-13-14(12-21-23)24-10-2-4-15(16(24)26)22-17(27)18(5-8-19-9-6-18)25-11-3-7-20-25/h3,7,11-13,15,19H,2,4-6,8-10H2,1H3,(H,22,27). The lowest BCUT2D eigenvalue weighted by molar-refractivity contribution is -0.136. The number of amides is 2. The molecule has 27 heavy (non-hydrogen) atoms. The summed E-state index contributed by atoms with van der Waals surface area (Å²) < 4.78 is 3.42. The van der Waals surface area contributed by atoms with E-state index in [1.807, 2.05) is 25.5 Å². The van der Waals surface area contributed by atoms with E-state index in [1.54, 1.807) is 26.7 Å². The Morgan fingerprint density at radius 3 is 2.81 bits per heavy atom. The second-order valence-electron chi connectivity index (χ2n) is 7.26. The zero-order valence-corrected chi connectivity index (χ0v) is 15.5. The number of anilines is 1. The number of hydrogen-bond acceptors (Lipinski definition) is 5. The van der Waals surface area contributed by atoms with Crippen LogP contribution in [0.4, 0.5) is 5.69 Å². The van der Waals surface area contributed by atoms with Crippen molar-refractivity contribution in [2.75, 3.05) is 24.5 Å². The number of rotatable bonds is 4. The summed E-state index contributed by atoms with van der Waals surface area (Å²) in [7, 11) is 1.82. The number of nitrogens with one attached hydrogen (secondary N) is 2. The van der Waals surface area contributed by atoms with Gasteiger partial charge in [-0.25, -0.2) is 0 Å². The van der Waals surface area contributed by atoms with Gasteiger partial charge in [-0.3, -0.25) is 19.0 Å². The molecule has 2 fully saturated rings. The van der Waals surface area contributed by atoms with Crippen LogP contribution in [0.1, 0.15) is 25.7 Å². The molecule has 0 spiro atoms. The lowest BCUT2D eigenvalue weighted by Crippen LogP contribution is -2.60. The van der Waals surface area contributed by atoms with Gasteiger partial charge in [0.25, 0.3) is 0 Å². The van der Waals surface area contributed by atoms with Crippen LogP contribution in [-0.2, 0) is 22.2 Å². The van der Waals surface area contributed by atoms with Crippen molar-refractivity contribution in [2.45, 2.75) is 37.3 Å².